The number of rotatable bonds is 9. The number of hydrogen-bond acceptors (Lipinski definition) is 4. The first-order valence-electron chi connectivity index (χ1n) is 13.5. The van der Waals surface area contributed by atoms with Crippen LogP contribution < -0.4 is 5.32 Å². The largest absolute Gasteiger partial charge is 0.481 e. The van der Waals surface area contributed by atoms with Crippen molar-refractivity contribution in [1.29, 1.82) is 0 Å². The Morgan fingerprint density at radius 3 is 2.28 bits per heavy atom. The Bertz CT molecular complexity index is 1250. The molecule has 2 aliphatic rings. The van der Waals surface area contributed by atoms with Gasteiger partial charge in [0.05, 0.1) is 12.5 Å². The van der Waals surface area contributed by atoms with Crippen molar-refractivity contribution in [2.24, 2.45) is 16.8 Å². The minimum Gasteiger partial charge on any atom is -0.481 e. The van der Waals surface area contributed by atoms with Gasteiger partial charge in [0.2, 0.25) is 0 Å². The molecule has 1 spiro atoms. The van der Waals surface area contributed by atoms with Gasteiger partial charge in [0, 0.05) is 23.7 Å². The maximum Gasteiger partial charge on any atom is 0.305 e. The SMILES string of the molecule is CCC[C@H](c1ccc(C(=O)NCCC(=O)O)cc1)N1C(=O)C(c2cc(F)cc(F)c2)=NC12CC(C)CC(C)C2. The van der Waals surface area contributed by atoms with Gasteiger partial charge < -0.3 is 15.3 Å². The molecule has 2 unspecified atom stereocenters. The molecule has 2 amide bonds. The number of carboxylic acids is 1. The molecule has 208 valence electrons. The van der Waals surface area contributed by atoms with Gasteiger partial charge in [0.1, 0.15) is 23.0 Å². The second kappa shape index (κ2) is 11.6. The number of nitrogens with zero attached hydrogens (tertiary/aromatic N) is 2. The molecule has 4 rings (SSSR count). The summed E-state index contributed by atoms with van der Waals surface area (Å²) in [4.78, 5) is 44.1. The van der Waals surface area contributed by atoms with E-state index < -0.39 is 23.3 Å². The molecule has 2 N–H and O–H groups in total. The highest BCUT2D eigenvalue weighted by molar-refractivity contribution is 6.46. The van der Waals surface area contributed by atoms with Crippen molar-refractivity contribution in [2.75, 3.05) is 6.54 Å². The fourth-order valence-corrected chi connectivity index (χ4v) is 6.22. The minimum atomic E-state index is -0.994. The van der Waals surface area contributed by atoms with E-state index in [0.717, 1.165) is 36.6 Å². The molecule has 2 aromatic rings. The van der Waals surface area contributed by atoms with Gasteiger partial charge in [-0.1, -0.05) is 39.3 Å². The zero-order valence-electron chi connectivity index (χ0n) is 22.5. The summed E-state index contributed by atoms with van der Waals surface area (Å²) in [5.74, 6) is -2.65. The van der Waals surface area contributed by atoms with Gasteiger partial charge in [-0.3, -0.25) is 19.4 Å². The molecular formula is C30H35F2N3O4. The molecule has 0 radical (unpaired) electrons. The molecule has 1 aliphatic carbocycles. The normalized spacial score (nSPS) is 23.6. The molecule has 39 heavy (non-hydrogen) atoms. The second-order valence-electron chi connectivity index (χ2n) is 11.0. The predicted octanol–water partition coefficient (Wildman–Crippen LogP) is 5.49. The van der Waals surface area contributed by atoms with E-state index in [4.69, 9.17) is 10.1 Å². The van der Waals surface area contributed by atoms with Crippen LogP contribution in [-0.4, -0.2) is 45.7 Å². The lowest BCUT2D eigenvalue weighted by Crippen LogP contribution is -2.52. The summed E-state index contributed by atoms with van der Waals surface area (Å²) < 4.78 is 28.3. The first-order valence-corrected chi connectivity index (χ1v) is 13.5. The fourth-order valence-electron chi connectivity index (χ4n) is 6.22. The number of benzene rings is 2. The van der Waals surface area contributed by atoms with Gasteiger partial charge in [-0.15, -0.1) is 0 Å². The predicted molar refractivity (Wildman–Crippen MR) is 143 cm³/mol. The number of carbonyl (C=O) groups excluding carboxylic acids is 2. The standard InChI is InChI=1S/C30H35F2N3O4/c1-4-5-25(20-6-8-21(9-7-20)28(38)33-11-10-26(36)37)35-29(39)27(22-13-23(31)15-24(32)14-22)34-30(35)16-18(2)12-19(3)17-30/h6-9,13-15,18-19,25H,4-5,10-12,16-17H2,1-3H3,(H,33,38)(H,36,37)/t18?,19?,25-,30?/m1/s1. The van der Waals surface area contributed by atoms with E-state index in [2.05, 4.69) is 19.2 Å². The maximum atomic E-state index is 14.1. The van der Waals surface area contributed by atoms with Gasteiger partial charge in [-0.2, -0.15) is 0 Å². The Hall–Kier alpha value is -3.62. The van der Waals surface area contributed by atoms with Crippen LogP contribution in [0.5, 0.6) is 0 Å². The van der Waals surface area contributed by atoms with Gasteiger partial charge in [0.15, 0.2) is 0 Å². The number of carbonyl (C=O) groups is 3. The van der Waals surface area contributed by atoms with Crippen LogP contribution in [0.25, 0.3) is 0 Å². The number of aliphatic carboxylic acids is 1. The number of hydrogen-bond donors (Lipinski definition) is 2. The van der Waals surface area contributed by atoms with Crippen LogP contribution in [-0.2, 0) is 9.59 Å². The molecule has 7 nitrogen and oxygen atoms in total. The number of halogens is 2. The fraction of sp³-hybridized carbons (Fsp3) is 0.467. The van der Waals surface area contributed by atoms with E-state index in [0.29, 0.717) is 36.7 Å². The molecule has 1 heterocycles. The lowest BCUT2D eigenvalue weighted by molar-refractivity contribution is -0.137. The minimum absolute atomic E-state index is 0.0241. The van der Waals surface area contributed by atoms with Crippen molar-refractivity contribution in [2.45, 2.75) is 71.0 Å². The van der Waals surface area contributed by atoms with Crippen LogP contribution in [0.1, 0.15) is 86.8 Å². The number of aliphatic imine (C=N–C) groups is 1. The summed E-state index contributed by atoms with van der Waals surface area (Å²) in [6.45, 7) is 6.33. The van der Waals surface area contributed by atoms with Crippen molar-refractivity contribution in [3.63, 3.8) is 0 Å². The summed E-state index contributed by atoms with van der Waals surface area (Å²) >= 11 is 0. The van der Waals surface area contributed by atoms with E-state index in [9.17, 15) is 23.2 Å². The highest BCUT2D eigenvalue weighted by Gasteiger charge is 2.53. The van der Waals surface area contributed by atoms with Gasteiger partial charge in [0.25, 0.3) is 11.8 Å². The maximum absolute atomic E-state index is 14.1. The smallest absolute Gasteiger partial charge is 0.305 e. The zero-order chi connectivity index (χ0) is 28.3. The highest BCUT2D eigenvalue weighted by atomic mass is 19.1. The van der Waals surface area contributed by atoms with E-state index in [1.165, 1.54) is 0 Å². The van der Waals surface area contributed by atoms with Crippen LogP contribution in [0.3, 0.4) is 0 Å². The molecule has 9 heteroatoms. The molecular weight excluding hydrogens is 504 g/mol. The first kappa shape index (κ1) is 28.4. The average molecular weight is 540 g/mol. The van der Waals surface area contributed by atoms with Crippen molar-refractivity contribution in [3.8, 4) is 0 Å². The summed E-state index contributed by atoms with van der Waals surface area (Å²) in [5.41, 5.74) is 0.589. The molecule has 2 aromatic carbocycles. The van der Waals surface area contributed by atoms with E-state index in [1.54, 1.807) is 12.1 Å². The van der Waals surface area contributed by atoms with Gasteiger partial charge >= 0.3 is 5.97 Å². The third kappa shape index (κ3) is 6.18. The van der Waals surface area contributed by atoms with E-state index in [-0.39, 0.29) is 42.1 Å². The molecule has 1 fully saturated rings. The second-order valence-corrected chi connectivity index (χ2v) is 11.0. The summed E-state index contributed by atoms with van der Waals surface area (Å²) in [7, 11) is 0. The van der Waals surface area contributed by atoms with Crippen LogP contribution in [0, 0.1) is 23.5 Å². The van der Waals surface area contributed by atoms with Gasteiger partial charge in [-0.05, 0) is 67.3 Å². The lowest BCUT2D eigenvalue weighted by atomic mass is 9.75. The molecule has 1 aliphatic heterocycles. The van der Waals surface area contributed by atoms with E-state index in [1.807, 2.05) is 24.0 Å². The van der Waals surface area contributed by atoms with Crippen LogP contribution in [0.2, 0.25) is 0 Å². The number of carboxylic acid groups (broad SMARTS) is 1. The summed E-state index contributed by atoms with van der Waals surface area (Å²) in [6, 6.07) is 9.67. The van der Waals surface area contributed by atoms with Crippen molar-refractivity contribution < 1.29 is 28.3 Å². The Morgan fingerprint density at radius 1 is 1.10 bits per heavy atom. The van der Waals surface area contributed by atoms with Crippen LogP contribution in [0.4, 0.5) is 8.78 Å². The lowest BCUT2D eigenvalue weighted by Gasteiger charge is -2.47. The Morgan fingerprint density at radius 2 is 1.72 bits per heavy atom. The Balaban J connectivity index is 1.71. The monoisotopic (exact) mass is 539 g/mol. The molecule has 0 aromatic heterocycles. The third-order valence-corrected chi connectivity index (χ3v) is 7.54. The zero-order valence-corrected chi connectivity index (χ0v) is 22.5. The summed E-state index contributed by atoms with van der Waals surface area (Å²) in [6.07, 6.45) is 3.55. The van der Waals surface area contributed by atoms with Crippen LogP contribution in [0.15, 0.2) is 47.5 Å². The third-order valence-electron chi connectivity index (χ3n) is 7.54. The first-order chi connectivity index (χ1) is 18.5. The van der Waals surface area contributed by atoms with Crippen molar-refractivity contribution >= 4 is 23.5 Å². The van der Waals surface area contributed by atoms with E-state index >= 15 is 0 Å². The number of amides is 2. The topological polar surface area (TPSA) is 99.1 Å². The highest BCUT2D eigenvalue weighted by Crippen LogP contribution is 2.48. The van der Waals surface area contributed by atoms with Gasteiger partial charge in [-0.25, -0.2) is 8.78 Å². The molecule has 1 saturated carbocycles. The van der Waals surface area contributed by atoms with Crippen LogP contribution >= 0.6 is 0 Å². The quantitative estimate of drug-likeness (QED) is 0.440. The number of nitrogens with one attached hydrogen (secondary N) is 1. The molecule has 0 saturated heterocycles. The average Bonchev–Trinajstić information content (AvgIpc) is 3.11. The molecule has 3 atom stereocenters. The van der Waals surface area contributed by atoms with Crippen molar-refractivity contribution in [3.05, 3.63) is 70.8 Å². The Kier molecular flexibility index (Phi) is 8.47. The van der Waals surface area contributed by atoms with Crippen molar-refractivity contribution in [1.82, 2.24) is 10.2 Å². The Labute approximate surface area is 227 Å². The molecule has 0 bridgehead atoms. The summed E-state index contributed by atoms with van der Waals surface area (Å²) in [5, 5.41) is 11.4.